The molecule has 0 aromatic carbocycles. The zero-order valence-electron chi connectivity index (χ0n) is 11.2. The second kappa shape index (κ2) is 21.1. The van der Waals surface area contributed by atoms with E-state index in [0.717, 1.165) is 39.3 Å². The van der Waals surface area contributed by atoms with Crippen molar-refractivity contribution in [2.24, 2.45) is 0 Å². The molecule has 0 saturated carbocycles. The van der Waals surface area contributed by atoms with Gasteiger partial charge in [0.25, 0.3) is 0 Å². The molecule has 0 saturated heterocycles. The Morgan fingerprint density at radius 2 is 0.941 bits per heavy atom. The van der Waals surface area contributed by atoms with Crippen LogP contribution in [0.4, 0.5) is 0 Å². The fraction of sp³-hybridized carbons (Fsp3) is 1.00. The Morgan fingerprint density at radius 3 is 1.24 bits per heavy atom. The molecule has 0 aliphatic rings. The highest BCUT2D eigenvalue weighted by molar-refractivity contribution is 4.30. The Hall–Kier alpha value is -0.200. The van der Waals surface area contributed by atoms with Crippen molar-refractivity contribution in [1.82, 2.24) is 0 Å². The van der Waals surface area contributed by atoms with Crippen molar-refractivity contribution < 1.29 is 24.4 Å². The Bertz CT molecular complexity index is 99.1. The maximum Gasteiger partial charge on any atom is 0.0700 e. The largest absolute Gasteiger partial charge is 0.394 e. The molecule has 0 aromatic rings. The smallest absolute Gasteiger partial charge is 0.0700 e. The predicted octanol–water partition coefficient (Wildman–Crippen LogP) is 0.827. The topological polar surface area (TPSA) is 68.2 Å². The molecule has 0 rings (SSSR count). The van der Waals surface area contributed by atoms with Crippen molar-refractivity contribution in [2.45, 2.75) is 26.7 Å². The molecule has 106 valence electrons. The summed E-state index contributed by atoms with van der Waals surface area (Å²) in [5, 5.41) is 16.2. The van der Waals surface area contributed by atoms with Gasteiger partial charge in [0.15, 0.2) is 0 Å². The van der Waals surface area contributed by atoms with Crippen molar-refractivity contribution in [3.8, 4) is 0 Å². The highest BCUT2D eigenvalue weighted by Crippen LogP contribution is 1.83. The number of hydrogen-bond donors (Lipinski definition) is 2. The van der Waals surface area contributed by atoms with E-state index in [1.54, 1.807) is 0 Å². The third kappa shape index (κ3) is 25.8. The van der Waals surface area contributed by atoms with Crippen molar-refractivity contribution in [1.29, 1.82) is 0 Å². The first-order chi connectivity index (χ1) is 8.33. The fourth-order valence-electron chi connectivity index (χ4n) is 0.842. The first-order valence-electron chi connectivity index (χ1n) is 6.28. The van der Waals surface area contributed by atoms with Crippen molar-refractivity contribution in [2.75, 3.05) is 52.9 Å². The van der Waals surface area contributed by atoms with E-state index >= 15 is 0 Å². The third-order valence-electron chi connectivity index (χ3n) is 1.54. The highest BCUT2D eigenvalue weighted by Gasteiger charge is 1.85. The molecule has 0 atom stereocenters. The van der Waals surface area contributed by atoms with Crippen LogP contribution >= 0.6 is 0 Å². The van der Waals surface area contributed by atoms with Crippen LogP contribution in [-0.4, -0.2) is 63.1 Å². The Labute approximate surface area is 105 Å². The quantitative estimate of drug-likeness (QED) is 0.533. The zero-order valence-corrected chi connectivity index (χ0v) is 11.2. The van der Waals surface area contributed by atoms with Crippen LogP contribution in [0.1, 0.15) is 26.7 Å². The molecular formula is C12H28O5. The van der Waals surface area contributed by atoms with Gasteiger partial charge < -0.3 is 24.4 Å². The zero-order chi connectivity index (χ0) is 13.2. The summed E-state index contributed by atoms with van der Waals surface area (Å²) in [6.07, 6.45) is 2.18. The lowest BCUT2D eigenvalue weighted by molar-refractivity contribution is 0.0483. The van der Waals surface area contributed by atoms with Gasteiger partial charge in [-0.15, -0.1) is 0 Å². The van der Waals surface area contributed by atoms with Gasteiger partial charge in [-0.2, -0.15) is 0 Å². The molecule has 5 nitrogen and oxygen atoms in total. The lowest BCUT2D eigenvalue weighted by atomic mass is 10.5. The van der Waals surface area contributed by atoms with Gasteiger partial charge in [0.1, 0.15) is 0 Å². The van der Waals surface area contributed by atoms with E-state index in [2.05, 4.69) is 18.6 Å². The predicted molar refractivity (Wildman–Crippen MR) is 67.2 cm³/mol. The number of rotatable bonds is 11. The molecule has 0 bridgehead atoms. The van der Waals surface area contributed by atoms with Crippen LogP contribution in [0.15, 0.2) is 0 Å². The van der Waals surface area contributed by atoms with E-state index in [9.17, 15) is 0 Å². The maximum atomic E-state index is 8.09. The molecule has 0 amide bonds. The SMILES string of the molecule is CCCOCCOCCC.OCCOCCO. The van der Waals surface area contributed by atoms with E-state index in [-0.39, 0.29) is 13.2 Å². The minimum atomic E-state index is 0.0278. The van der Waals surface area contributed by atoms with Gasteiger partial charge in [0.2, 0.25) is 0 Å². The van der Waals surface area contributed by atoms with Crippen molar-refractivity contribution in [3.05, 3.63) is 0 Å². The number of aliphatic hydroxyl groups excluding tert-OH is 2. The van der Waals surface area contributed by atoms with Crippen molar-refractivity contribution in [3.63, 3.8) is 0 Å². The van der Waals surface area contributed by atoms with E-state index in [1.807, 2.05) is 0 Å². The standard InChI is InChI=1S/C8H18O2.C4H10O3/c1-3-5-9-7-8-10-6-4-2;5-1-3-7-4-2-6/h3-8H2,1-2H3;5-6H,1-4H2. The Kier molecular flexibility index (Phi) is 23.8. The van der Waals surface area contributed by atoms with Gasteiger partial charge in [0.05, 0.1) is 39.6 Å². The van der Waals surface area contributed by atoms with E-state index in [0.29, 0.717) is 13.2 Å². The minimum absolute atomic E-state index is 0.0278. The summed E-state index contributed by atoms with van der Waals surface area (Å²) in [5.74, 6) is 0. The van der Waals surface area contributed by atoms with Crippen molar-refractivity contribution >= 4 is 0 Å². The van der Waals surface area contributed by atoms with Gasteiger partial charge >= 0.3 is 0 Å². The molecule has 0 aromatic heterocycles. The lowest BCUT2D eigenvalue weighted by Gasteiger charge is -2.02. The summed E-state index contributed by atoms with van der Waals surface area (Å²) < 4.78 is 15.0. The molecular weight excluding hydrogens is 224 g/mol. The number of hydrogen-bond acceptors (Lipinski definition) is 5. The Morgan fingerprint density at radius 1 is 0.588 bits per heavy atom. The minimum Gasteiger partial charge on any atom is -0.394 e. The third-order valence-corrected chi connectivity index (χ3v) is 1.54. The van der Waals surface area contributed by atoms with Crippen LogP contribution < -0.4 is 0 Å². The maximum absolute atomic E-state index is 8.09. The molecule has 5 heteroatoms. The average molecular weight is 252 g/mol. The molecule has 0 heterocycles. The first kappa shape index (κ1) is 19.1. The molecule has 17 heavy (non-hydrogen) atoms. The molecule has 0 aliphatic carbocycles. The van der Waals surface area contributed by atoms with Gasteiger partial charge in [-0.25, -0.2) is 0 Å². The molecule has 0 radical (unpaired) electrons. The Balaban J connectivity index is 0. The van der Waals surface area contributed by atoms with Crippen LogP contribution in [0.25, 0.3) is 0 Å². The summed E-state index contributed by atoms with van der Waals surface area (Å²) in [4.78, 5) is 0. The van der Waals surface area contributed by atoms with Gasteiger partial charge in [-0.05, 0) is 12.8 Å². The van der Waals surface area contributed by atoms with Crippen LogP contribution in [0, 0.1) is 0 Å². The summed E-state index contributed by atoms with van der Waals surface area (Å²) in [7, 11) is 0. The molecule has 2 N–H and O–H groups in total. The summed E-state index contributed by atoms with van der Waals surface area (Å²) in [6.45, 7) is 8.10. The van der Waals surface area contributed by atoms with Crippen LogP contribution in [-0.2, 0) is 14.2 Å². The van der Waals surface area contributed by atoms with Crippen LogP contribution in [0.5, 0.6) is 0 Å². The van der Waals surface area contributed by atoms with E-state index in [1.165, 1.54) is 0 Å². The van der Waals surface area contributed by atoms with Gasteiger partial charge in [-0.3, -0.25) is 0 Å². The van der Waals surface area contributed by atoms with Crippen LogP contribution in [0.3, 0.4) is 0 Å². The first-order valence-corrected chi connectivity index (χ1v) is 6.28. The summed E-state index contributed by atoms with van der Waals surface area (Å²) in [6, 6.07) is 0. The van der Waals surface area contributed by atoms with E-state index < -0.39 is 0 Å². The normalized spacial score (nSPS) is 9.88. The van der Waals surface area contributed by atoms with Crippen LogP contribution in [0.2, 0.25) is 0 Å². The number of aliphatic hydroxyl groups is 2. The summed E-state index contributed by atoms with van der Waals surface area (Å²) >= 11 is 0. The molecule has 0 spiro atoms. The van der Waals surface area contributed by atoms with Gasteiger partial charge in [0, 0.05) is 13.2 Å². The molecule has 0 aliphatic heterocycles. The number of ether oxygens (including phenoxy) is 3. The van der Waals surface area contributed by atoms with Gasteiger partial charge in [-0.1, -0.05) is 13.8 Å². The fourth-order valence-corrected chi connectivity index (χ4v) is 0.842. The second-order valence-electron chi connectivity index (χ2n) is 3.28. The lowest BCUT2D eigenvalue weighted by Crippen LogP contribution is -2.04. The molecule has 0 fully saturated rings. The second-order valence-corrected chi connectivity index (χ2v) is 3.28. The van der Waals surface area contributed by atoms with E-state index in [4.69, 9.17) is 19.7 Å². The average Bonchev–Trinajstić information content (AvgIpc) is 2.35. The molecule has 0 unspecified atom stereocenters. The monoisotopic (exact) mass is 252 g/mol. The summed E-state index contributed by atoms with van der Waals surface area (Å²) in [5.41, 5.74) is 0. The highest BCUT2D eigenvalue weighted by atomic mass is 16.5.